The van der Waals surface area contributed by atoms with E-state index >= 15 is 0 Å². The molecule has 1 aliphatic rings. The van der Waals surface area contributed by atoms with Crippen LogP contribution in [0.2, 0.25) is 0 Å². The predicted molar refractivity (Wildman–Crippen MR) is 76.6 cm³/mol. The van der Waals surface area contributed by atoms with E-state index in [-0.39, 0.29) is 17.4 Å². The third-order valence-electron chi connectivity index (χ3n) is 3.25. The van der Waals surface area contributed by atoms with Crippen molar-refractivity contribution in [3.8, 4) is 17.2 Å². The fraction of sp³-hybridized carbons (Fsp3) is 0.188. The summed E-state index contributed by atoms with van der Waals surface area (Å²) in [6.07, 6.45) is -3.76. The second kappa shape index (κ2) is 5.83. The number of alkyl halides is 3. The van der Waals surface area contributed by atoms with E-state index in [0.29, 0.717) is 18.6 Å². The quantitative estimate of drug-likeness (QED) is 0.918. The number of ether oxygens (including phenoxy) is 2. The van der Waals surface area contributed by atoms with Crippen molar-refractivity contribution in [3.05, 3.63) is 48.0 Å². The standard InChI is InChI=1S/C16H12F3NO3/c17-16(18,19)23-13-3-1-2-11(9-13)22-12-5-6-14-10(8-12)4-7-15(21)20-14/h1-3,5-6,8-9H,4,7H2,(H,20,21). The van der Waals surface area contributed by atoms with Crippen molar-refractivity contribution in [1.82, 2.24) is 0 Å². The first-order valence-corrected chi connectivity index (χ1v) is 6.85. The van der Waals surface area contributed by atoms with Gasteiger partial charge in [-0.05, 0) is 42.3 Å². The first-order valence-electron chi connectivity index (χ1n) is 6.85. The molecule has 1 N–H and O–H groups in total. The number of benzene rings is 2. The highest BCUT2D eigenvalue weighted by Gasteiger charge is 2.31. The summed E-state index contributed by atoms with van der Waals surface area (Å²) < 4.78 is 46.1. The van der Waals surface area contributed by atoms with E-state index in [1.165, 1.54) is 18.2 Å². The number of hydrogen-bond acceptors (Lipinski definition) is 3. The lowest BCUT2D eigenvalue weighted by Crippen LogP contribution is -2.18. The van der Waals surface area contributed by atoms with E-state index in [9.17, 15) is 18.0 Å². The van der Waals surface area contributed by atoms with Gasteiger partial charge < -0.3 is 14.8 Å². The van der Waals surface area contributed by atoms with Crippen molar-refractivity contribution in [2.45, 2.75) is 19.2 Å². The number of rotatable bonds is 3. The lowest BCUT2D eigenvalue weighted by atomic mass is 10.0. The molecule has 1 amide bonds. The highest BCUT2D eigenvalue weighted by Crippen LogP contribution is 2.32. The zero-order chi connectivity index (χ0) is 16.4. The van der Waals surface area contributed by atoms with Crippen LogP contribution >= 0.6 is 0 Å². The number of hydrogen-bond donors (Lipinski definition) is 1. The van der Waals surface area contributed by atoms with Gasteiger partial charge in [-0.3, -0.25) is 4.79 Å². The Morgan fingerprint density at radius 1 is 0.957 bits per heavy atom. The fourth-order valence-corrected chi connectivity index (χ4v) is 2.29. The zero-order valence-electron chi connectivity index (χ0n) is 11.8. The molecule has 0 unspecified atom stereocenters. The van der Waals surface area contributed by atoms with Gasteiger partial charge in [0.25, 0.3) is 0 Å². The van der Waals surface area contributed by atoms with E-state index in [0.717, 1.165) is 17.3 Å². The molecule has 0 bridgehead atoms. The van der Waals surface area contributed by atoms with Gasteiger partial charge >= 0.3 is 6.36 Å². The number of aryl methyl sites for hydroxylation is 1. The van der Waals surface area contributed by atoms with Gasteiger partial charge in [0.05, 0.1) is 0 Å². The molecule has 23 heavy (non-hydrogen) atoms. The first kappa shape index (κ1) is 15.2. The van der Waals surface area contributed by atoms with Crippen LogP contribution in [-0.4, -0.2) is 12.3 Å². The molecular weight excluding hydrogens is 311 g/mol. The second-order valence-corrected chi connectivity index (χ2v) is 4.99. The van der Waals surface area contributed by atoms with Crippen molar-refractivity contribution in [1.29, 1.82) is 0 Å². The predicted octanol–water partition coefficient (Wildman–Crippen LogP) is 4.26. The van der Waals surface area contributed by atoms with Crippen molar-refractivity contribution in [2.24, 2.45) is 0 Å². The molecule has 0 fully saturated rings. The van der Waals surface area contributed by atoms with E-state index in [4.69, 9.17) is 4.74 Å². The van der Waals surface area contributed by atoms with E-state index < -0.39 is 6.36 Å². The molecule has 3 rings (SSSR count). The molecule has 0 atom stereocenters. The molecule has 1 heterocycles. The Balaban J connectivity index is 1.77. The molecule has 2 aromatic carbocycles. The maximum atomic E-state index is 12.2. The lowest BCUT2D eigenvalue weighted by Gasteiger charge is -2.17. The molecule has 7 heteroatoms. The van der Waals surface area contributed by atoms with E-state index in [1.807, 2.05) is 0 Å². The van der Waals surface area contributed by atoms with Crippen molar-refractivity contribution in [2.75, 3.05) is 5.32 Å². The monoisotopic (exact) mass is 323 g/mol. The molecule has 1 aliphatic heterocycles. The molecule has 0 spiro atoms. The van der Waals surface area contributed by atoms with Crippen molar-refractivity contribution < 1.29 is 27.4 Å². The van der Waals surface area contributed by atoms with Crippen LogP contribution in [0.25, 0.3) is 0 Å². The lowest BCUT2D eigenvalue weighted by molar-refractivity contribution is -0.274. The van der Waals surface area contributed by atoms with Gasteiger partial charge in [0.15, 0.2) is 0 Å². The largest absolute Gasteiger partial charge is 0.573 e. The number of amides is 1. The summed E-state index contributed by atoms with van der Waals surface area (Å²) in [6, 6.07) is 10.4. The molecule has 0 radical (unpaired) electrons. The third-order valence-corrected chi connectivity index (χ3v) is 3.25. The Hall–Kier alpha value is -2.70. The van der Waals surface area contributed by atoms with E-state index in [1.54, 1.807) is 18.2 Å². The minimum Gasteiger partial charge on any atom is -0.457 e. The van der Waals surface area contributed by atoms with Gasteiger partial charge in [-0.2, -0.15) is 0 Å². The highest BCUT2D eigenvalue weighted by atomic mass is 19.4. The highest BCUT2D eigenvalue weighted by molar-refractivity contribution is 5.94. The molecule has 0 aliphatic carbocycles. The first-order chi connectivity index (χ1) is 10.9. The average molecular weight is 323 g/mol. The third kappa shape index (κ3) is 3.94. The van der Waals surface area contributed by atoms with Gasteiger partial charge in [0.1, 0.15) is 17.2 Å². The SMILES string of the molecule is O=C1CCc2cc(Oc3cccc(OC(F)(F)F)c3)ccc2N1. The van der Waals surface area contributed by atoms with Crippen LogP contribution < -0.4 is 14.8 Å². The minimum atomic E-state index is -4.75. The van der Waals surface area contributed by atoms with Gasteiger partial charge in [-0.1, -0.05) is 6.07 Å². The Bertz CT molecular complexity index is 744. The molecule has 120 valence electrons. The van der Waals surface area contributed by atoms with Crippen LogP contribution in [0.5, 0.6) is 17.2 Å². The fourth-order valence-electron chi connectivity index (χ4n) is 2.29. The number of nitrogens with one attached hydrogen (secondary N) is 1. The maximum Gasteiger partial charge on any atom is 0.573 e. The Labute approximate surface area is 129 Å². The minimum absolute atomic E-state index is 0.0387. The summed E-state index contributed by atoms with van der Waals surface area (Å²) in [5.74, 6) is 0.319. The molecule has 0 saturated heterocycles. The van der Waals surface area contributed by atoms with Gasteiger partial charge in [-0.15, -0.1) is 13.2 Å². The second-order valence-electron chi connectivity index (χ2n) is 4.99. The maximum absolute atomic E-state index is 12.2. The van der Waals surface area contributed by atoms with Crippen LogP contribution in [0.4, 0.5) is 18.9 Å². The van der Waals surface area contributed by atoms with E-state index in [2.05, 4.69) is 10.1 Å². The number of halogens is 3. The van der Waals surface area contributed by atoms with Crippen LogP contribution in [0, 0.1) is 0 Å². The summed E-state index contributed by atoms with van der Waals surface area (Å²) >= 11 is 0. The summed E-state index contributed by atoms with van der Waals surface area (Å²) in [4.78, 5) is 11.3. The van der Waals surface area contributed by atoms with Crippen LogP contribution in [0.15, 0.2) is 42.5 Å². The summed E-state index contributed by atoms with van der Waals surface area (Å²) in [6.45, 7) is 0. The number of fused-ring (bicyclic) bond motifs is 1. The summed E-state index contributed by atoms with van der Waals surface area (Å²) in [5, 5.41) is 2.75. The Morgan fingerprint density at radius 2 is 1.70 bits per heavy atom. The number of carbonyl (C=O) groups is 1. The zero-order valence-corrected chi connectivity index (χ0v) is 11.8. The Kier molecular flexibility index (Phi) is 3.85. The van der Waals surface area contributed by atoms with Crippen LogP contribution in [-0.2, 0) is 11.2 Å². The van der Waals surface area contributed by atoms with Gasteiger partial charge in [-0.25, -0.2) is 0 Å². The van der Waals surface area contributed by atoms with Crippen molar-refractivity contribution >= 4 is 11.6 Å². The summed E-state index contributed by atoms with van der Waals surface area (Å²) in [5.41, 5.74) is 1.65. The molecule has 0 aromatic heterocycles. The average Bonchev–Trinajstić information content (AvgIpc) is 2.46. The molecule has 2 aromatic rings. The van der Waals surface area contributed by atoms with Crippen LogP contribution in [0.1, 0.15) is 12.0 Å². The number of carbonyl (C=O) groups excluding carboxylic acids is 1. The molecule has 4 nitrogen and oxygen atoms in total. The summed E-state index contributed by atoms with van der Waals surface area (Å²) in [7, 11) is 0. The normalized spacial score (nSPS) is 14.0. The molecular formula is C16H12F3NO3. The van der Waals surface area contributed by atoms with Crippen molar-refractivity contribution in [3.63, 3.8) is 0 Å². The Morgan fingerprint density at radius 3 is 2.48 bits per heavy atom. The number of anilines is 1. The molecule has 0 saturated carbocycles. The topological polar surface area (TPSA) is 47.6 Å². The van der Waals surface area contributed by atoms with Crippen LogP contribution in [0.3, 0.4) is 0 Å². The smallest absolute Gasteiger partial charge is 0.457 e. The van der Waals surface area contributed by atoms with Gasteiger partial charge in [0, 0.05) is 18.2 Å². The van der Waals surface area contributed by atoms with Gasteiger partial charge in [0.2, 0.25) is 5.91 Å².